The molecule has 0 saturated carbocycles. The molecule has 0 unspecified atom stereocenters. The molecule has 5 nitrogen and oxygen atoms in total. The molecule has 3 rings (SSSR count). The summed E-state index contributed by atoms with van der Waals surface area (Å²) in [5, 5.41) is 11.4. The fourth-order valence-electron chi connectivity index (χ4n) is 3.40. The van der Waals surface area contributed by atoms with Gasteiger partial charge in [-0.05, 0) is 53.4 Å². The lowest BCUT2D eigenvalue weighted by Crippen LogP contribution is -2.24. The van der Waals surface area contributed by atoms with Gasteiger partial charge in [0.05, 0.1) is 18.2 Å². The number of aliphatic carboxylic acids is 1. The summed E-state index contributed by atoms with van der Waals surface area (Å²) in [6.07, 6.45) is -4.33. The number of aryl methyl sites for hydroxylation is 1. The quantitative estimate of drug-likeness (QED) is 0.424. The van der Waals surface area contributed by atoms with E-state index in [0.717, 1.165) is 22.8 Å². The first-order valence-corrected chi connectivity index (χ1v) is 10.2. The zero-order valence-electron chi connectivity index (χ0n) is 18.1. The lowest BCUT2D eigenvalue weighted by atomic mass is 9.99. The molecule has 0 fully saturated rings. The smallest absolute Gasteiger partial charge is 0.416 e. The molecule has 3 aromatic carbocycles. The van der Waals surface area contributed by atoms with Gasteiger partial charge in [0.15, 0.2) is 0 Å². The van der Waals surface area contributed by atoms with Crippen LogP contribution in [0.3, 0.4) is 0 Å². The number of methoxy groups -OCH3 is 1. The summed E-state index contributed by atoms with van der Waals surface area (Å²) in [5.74, 6) is -2.57. The number of rotatable bonds is 8. The summed E-state index contributed by atoms with van der Waals surface area (Å²) in [6.45, 7) is -0.0605. The molecule has 3 aromatic rings. The fourth-order valence-corrected chi connectivity index (χ4v) is 3.40. The Balaban J connectivity index is 1.79. The minimum atomic E-state index is -4.71. The zero-order chi connectivity index (χ0) is 24.9. The van der Waals surface area contributed by atoms with E-state index < -0.39 is 35.0 Å². The fraction of sp³-hybridized carbons (Fsp3) is 0.200. The predicted octanol–water partition coefficient (Wildman–Crippen LogP) is 5.47. The Morgan fingerprint density at radius 2 is 1.74 bits per heavy atom. The number of ether oxygens (including phenoxy) is 1. The standard InChI is InChI=1S/C25H21F4NO4/c1-34-22-9-6-17(16-4-2-3-15(11-16)5-10-23(31)32)12-18(22)14-30-24(33)20-8-7-19(13-21(20)26)25(27,28)29/h2-4,6-9,11-13H,5,10,14H2,1H3,(H,30,33)(H,31,32). The maximum absolute atomic E-state index is 14.1. The highest BCUT2D eigenvalue weighted by atomic mass is 19.4. The molecule has 34 heavy (non-hydrogen) atoms. The van der Waals surface area contributed by atoms with Crippen LogP contribution in [0.1, 0.15) is 33.5 Å². The van der Waals surface area contributed by atoms with E-state index in [2.05, 4.69) is 5.32 Å². The molecule has 1 amide bonds. The van der Waals surface area contributed by atoms with Gasteiger partial charge in [-0.15, -0.1) is 0 Å². The van der Waals surface area contributed by atoms with Crippen LogP contribution < -0.4 is 10.1 Å². The molecule has 0 aromatic heterocycles. The molecule has 0 aliphatic rings. The number of hydrogen-bond acceptors (Lipinski definition) is 3. The second-order valence-corrected chi connectivity index (χ2v) is 7.50. The van der Waals surface area contributed by atoms with Crippen molar-refractivity contribution in [3.8, 4) is 16.9 Å². The molecule has 0 radical (unpaired) electrons. The molecule has 2 N–H and O–H groups in total. The van der Waals surface area contributed by atoms with Crippen LogP contribution >= 0.6 is 0 Å². The maximum atomic E-state index is 14.1. The Labute approximate surface area is 193 Å². The van der Waals surface area contributed by atoms with Crippen LogP contribution in [-0.4, -0.2) is 24.1 Å². The molecule has 0 aliphatic carbocycles. The van der Waals surface area contributed by atoms with E-state index in [4.69, 9.17) is 9.84 Å². The van der Waals surface area contributed by atoms with E-state index in [9.17, 15) is 27.2 Å². The molecular formula is C25H21F4NO4. The highest BCUT2D eigenvalue weighted by Crippen LogP contribution is 2.31. The van der Waals surface area contributed by atoms with Crippen molar-refractivity contribution in [2.75, 3.05) is 7.11 Å². The third-order valence-electron chi connectivity index (χ3n) is 5.15. The Kier molecular flexibility index (Phi) is 7.55. The van der Waals surface area contributed by atoms with Gasteiger partial charge in [0.25, 0.3) is 5.91 Å². The van der Waals surface area contributed by atoms with Crippen LogP contribution in [-0.2, 0) is 23.9 Å². The van der Waals surface area contributed by atoms with Crippen LogP contribution in [0.4, 0.5) is 17.6 Å². The van der Waals surface area contributed by atoms with Crippen LogP contribution in [0.15, 0.2) is 60.7 Å². The van der Waals surface area contributed by atoms with Crippen LogP contribution in [0.2, 0.25) is 0 Å². The molecule has 0 atom stereocenters. The Hall–Kier alpha value is -3.88. The number of hydrogen-bond donors (Lipinski definition) is 2. The highest BCUT2D eigenvalue weighted by Gasteiger charge is 2.31. The van der Waals surface area contributed by atoms with E-state index in [1.165, 1.54) is 7.11 Å². The Bertz CT molecular complexity index is 1210. The molecule has 0 aliphatic heterocycles. The Morgan fingerprint density at radius 3 is 2.38 bits per heavy atom. The third-order valence-corrected chi connectivity index (χ3v) is 5.15. The van der Waals surface area contributed by atoms with Gasteiger partial charge in [-0.25, -0.2) is 4.39 Å². The number of carbonyl (C=O) groups is 2. The number of halogens is 4. The van der Waals surface area contributed by atoms with Crippen LogP contribution in [0.5, 0.6) is 5.75 Å². The van der Waals surface area contributed by atoms with Crippen molar-refractivity contribution in [1.82, 2.24) is 5.32 Å². The summed E-state index contributed by atoms with van der Waals surface area (Å²) in [4.78, 5) is 23.2. The summed E-state index contributed by atoms with van der Waals surface area (Å²) in [5.41, 5.74) is 1.34. The van der Waals surface area contributed by atoms with Crippen molar-refractivity contribution in [2.24, 2.45) is 0 Å². The maximum Gasteiger partial charge on any atom is 0.416 e. The van der Waals surface area contributed by atoms with Gasteiger partial charge in [-0.1, -0.05) is 30.3 Å². The summed E-state index contributed by atoms with van der Waals surface area (Å²) in [7, 11) is 1.45. The van der Waals surface area contributed by atoms with Gasteiger partial charge < -0.3 is 15.2 Å². The van der Waals surface area contributed by atoms with Crippen molar-refractivity contribution in [3.05, 3.63) is 88.7 Å². The highest BCUT2D eigenvalue weighted by molar-refractivity contribution is 5.94. The molecule has 178 valence electrons. The van der Waals surface area contributed by atoms with Crippen molar-refractivity contribution < 1.29 is 37.0 Å². The van der Waals surface area contributed by atoms with Gasteiger partial charge in [0.2, 0.25) is 0 Å². The summed E-state index contributed by atoms with van der Waals surface area (Å²) < 4.78 is 57.6. The monoisotopic (exact) mass is 475 g/mol. The summed E-state index contributed by atoms with van der Waals surface area (Å²) >= 11 is 0. The molecular weight excluding hydrogens is 454 g/mol. The van der Waals surface area contributed by atoms with Gasteiger partial charge in [0.1, 0.15) is 11.6 Å². The van der Waals surface area contributed by atoms with E-state index in [0.29, 0.717) is 23.8 Å². The lowest BCUT2D eigenvalue weighted by Gasteiger charge is -2.13. The Morgan fingerprint density at radius 1 is 1.00 bits per heavy atom. The lowest BCUT2D eigenvalue weighted by molar-refractivity contribution is -0.138. The molecule has 0 bridgehead atoms. The van der Waals surface area contributed by atoms with Gasteiger partial charge in [-0.2, -0.15) is 13.2 Å². The SMILES string of the molecule is COc1ccc(-c2cccc(CCC(=O)O)c2)cc1CNC(=O)c1ccc(C(F)(F)F)cc1F. The second kappa shape index (κ2) is 10.4. The number of nitrogens with one attached hydrogen (secondary N) is 1. The van der Waals surface area contributed by atoms with Crippen molar-refractivity contribution in [3.63, 3.8) is 0 Å². The van der Waals surface area contributed by atoms with E-state index in [-0.39, 0.29) is 19.0 Å². The first-order chi connectivity index (χ1) is 16.1. The number of carboxylic acids is 1. The van der Waals surface area contributed by atoms with Crippen molar-refractivity contribution in [2.45, 2.75) is 25.6 Å². The molecule has 0 spiro atoms. The third kappa shape index (κ3) is 6.12. The zero-order valence-corrected chi connectivity index (χ0v) is 18.1. The van der Waals surface area contributed by atoms with E-state index in [1.54, 1.807) is 18.2 Å². The van der Waals surface area contributed by atoms with Crippen LogP contribution in [0, 0.1) is 5.82 Å². The average Bonchev–Trinajstić information content (AvgIpc) is 2.80. The van der Waals surface area contributed by atoms with Crippen molar-refractivity contribution in [1.29, 1.82) is 0 Å². The average molecular weight is 475 g/mol. The van der Waals surface area contributed by atoms with E-state index in [1.807, 2.05) is 24.3 Å². The second-order valence-electron chi connectivity index (χ2n) is 7.50. The van der Waals surface area contributed by atoms with Crippen LogP contribution in [0.25, 0.3) is 11.1 Å². The minimum Gasteiger partial charge on any atom is -0.496 e. The van der Waals surface area contributed by atoms with E-state index >= 15 is 0 Å². The number of amides is 1. The molecule has 9 heteroatoms. The van der Waals surface area contributed by atoms with Crippen molar-refractivity contribution >= 4 is 11.9 Å². The summed E-state index contributed by atoms with van der Waals surface area (Å²) in [6, 6.07) is 14.3. The normalized spacial score (nSPS) is 11.2. The number of alkyl halides is 3. The van der Waals surface area contributed by atoms with Gasteiger partial charge in [-0.3, -0.25) is 9.59 Å². The molecule has 0 saturated heterocycles. The first-order valence-electron chi connectivity index (χ1n) is 10.2. The molecule has 0 heterocycles. The number of carboxylic acid groups (broad SMARTS) is 1. The topological polar surface area (TPSA) is 75.6 Å². The van der Waals surface area contributed by atoms with Gasteiger partial charge in [0, 0.05) is 18.5 Å². The van der Waals surface area contributed by atoms with Gasteiger partial charge >= 0.3 is 12.1 Å². The first kappa shape index (κ1) is 24.8. The largest absolute Gasteiger partial charge is 0.496 e. The number of benzene rings is 3. The predicted molar refractivity (Wildman–Crippen MR) is 117 cm³/mol. The number of carbonyl (C=O) groups excluding carboxylic acids is 1. The minimum absolute atomic E-state index is 0.00383.